The molecule has 1 heterocycles. The van der Waals surface area contributed by atoms with Crippen molar-refractivity contribution in [1.29, 1.82) is 0 Å². The Morgan fingerprint density at radius 2 is 1.83 bits per heavy atom. The maximum Gasteiger partial charge on any atom is 0.254 e. The summed E-state index contributed by atoms with van der Waals surface area (Å²) in [7, 11) is 1.66. The highest BCUT2D eigenvalue weighted by molar-refractivity contribution is 9.10. The van der Waals surface area contributed by atoms with Crippen LogP contribution in [-0.2, 0) is 17.8 Å². The highest BCUT2D eigenvalue weighted by atomic mass is 79.9. The van der Waals surface area contributed by atoms with Crippen molar-refractivity contribution in [3.63, 3.8) is 0 Å². The summed E-state index contributed by atoms with van der Waals surface area (Å²) in [5.74, 6) is -0.256. The minimum Gasteiger partial charge on any atom is -0.385 e. The van der Waals surface area contributed by atoms with Gasteiger partial charge in [0.1, 0.15) is 5.82 Å². The van der Waals surface area contributed by atoms with Crippen molar-refractivity contribution >= 4 is 21.8 Å². The minimum absolute atomic E-state index is 0.0110. The Balaban J connectivity index is 1.77. The van der Waals surface area contributed by atoms with Crippen LogP contribution in [0.5, 0.6) is 0 Å². The lowest BCUT2D eigenvalue weighted by Crippen LogP contribution is -2.33. The van der Waals surface area contributed by atoms with Gasteiger partial charge >= 0.3 is 0 Å². The van der Waals surface area contributed by atoms with Gasteiger partial charge in [-0.1, -0.05) is 28.1 Å². The highest BCUT2D eigenvalue weighted by Gasteiger charge is 2.17. The molecule has 4 nitrogen and oxygen atoms in total. The average molecular weight is 459 g/mol. The molecule has 0 atom stereocenters. The molecular weight excluding hydrogens is 435 g/mol. The first-order valence-corrected chi connectivity index (χ1v) is 10.3. The Morgan fingerprint density at radius 1 is 1.10 bits per heavy atom. The maximum absolute atomic E-state index is 13.2. The molecule has 0 saturated carbocycles. The van der Waals surface area contributed by atoms with Crippen LogP contribution >= 0.6 is 15.9 Å². The normalized spacial score (nSPS) is 10.9. The summed E-state index contributed by atoms with van der Waals surface area (Å²) in [6.07, 6.45) is 2.74. The monoisotopic (exact) mass is 458 g/mol. The highest BCUT2D eigenvalue weighted by Crippen LogP contribution is 2.16. The number of carbonyl (C=O) groups is 1. The number of amides is 1. The van der Waals surface area contributed by atoms with E-state index in [2.05, 4.69) is 20.5 Å². The Bertz CT molecular complexity index is 923. The van der Waals surface area contributed by atoms with Crippen molar-refractivity contribution < 1.29 is 13.9 Å². The van der Waals surface area contributed by atoms with E-state index < -0.39 is 0 Å². The quantitative estimate of drug-likeness (QED) is 0.417. The molecule has 1 amide bonds. The van der Waals surface area contributed by atoms with Crippen molar-refractivity contribution in [2.24, 2.45) is 0 Å². The van der Waals surface area contributed by atoms with Crippen molar-refractivity contribution in [1.82, 2.24) is 9.47 Å². The molecule has 1 aromatic heterocycles. The van der Waals surface area contributed by atoms with E-state index in [1.165, 1.54) is 12.1 Å². The number of rotatable bonds is 9. The summed E-state index contributed by atoms with van der Waals surface area (Å²) in [4.78, 5) is 14.9. The summed E-state index contributed by atoms with van der Waals surface area (Å²) in [5, 5.41) is 0. The Hall–Kier alpha value is -2.44. The number of hydrogen-bond donors (Lipinski definition) is 0. The largest absolute Gasteiger partial charge is 0.385 e. The lowest BCUT2D eigenvalue weighted by Gasteiger charge is -2.24. The van der Waals surface area contributed by atoms with Gasteiger partial charge in [0.05, 0.1) is 6.54 Å². The Kier molecular flexibility index (Phi) is 7.61. The van der Waals surface area contributed by atoms with Crippen LogP contribution in [0.15, 0.2) is 71.3 Å². The number of ether oxygens (including phenoxy) is 1. The predicted octanol–water partition coefficient (Wildman–Crippen LogP) is 5.12. The molecule has 6 heteroatoms. The van der Waals surface area contributed by atoms with E-state index in [1.807, 2.05) is 47.5 Å². The number of hydrogen-bond acceptors (Lipinski definition) is 2. The molecule has 3 rings (SSSR count). The number of methoxy groups -OCH3 is 1. The fourth-order valence-electron chi connectivity index (χ4n) is 3.16. The first-order valence-electron chi connectivity index (χ1n) is 9.49. The third-order valence-corrected chi connectivity index (χ3v) is 5.23. The molecule has 0 aliphatic rings. The molecule has 0 saturated heterocycles. The smallest absolute Gasteiger partial charge is 0.254 e. The minimum atomic E-state index is -0.245. The van der Waals surface area contributed by atoms with Gasteiger partial charge in [-0.3, -0.25) is 4.79 Å². The SMILES string of the molecule is COCCCN(Cc1cccn1Cc1ccc(F)cc1)C(=O)c1ccc(Br)cc1. The summed E-state index contributed by atoms with van der Waals surface area (Å²) in [6.45, 7) is 2.32. The molecule has 3 aromatic rings. The second-order valence-electron chi connectivity index (χ2n) is 6.83. The molecule has 2 aromatic carbocycles. The summed E-state index contributed by atoms with van der Waals surface area (Å²) in [6, 6.07) is 17.9. The van der Waals surface area contributed by atoms with Crippen LogP contribution in [0.2, 0.25) is 0 Å². The zero-order valence-corrected chi connectivity index (χ0v) is 17.9. The molecule has 0 aliphatic carbocycles. The molecule has 0 N–H and O–H groups in total. The van der Waals surface area contributed by atoms with Gasteiger partial charge in [-0.15, -0.1) is 0 Å². The molecule has 0 unspecified atom stereocenters. The lowest BCUT2D eigenvalue weighted by molar-refractivity contribution is 0.0720. The van der Waals surface area contributed by atoms with Gasteiger partial charge in [0, 0.05) is 48.7 Å². The van der Waals surface area contributed by atoms with Crippen LogP contribution in [0.25, 0.3) is 0 Å². The maximum atomic E-state index is 13.2. The number of benzene rings is 2. The first kappa shape index (κ1) is 21.3. The number of carbonyl (C=O) groups excluding carboxylic acids is 1. The van der Waals surface area contributed by atoms with Gasteiger partial charge in [-0.2, -0.15) is 0 Å². The third-order valence-electron chi connectivity index (χ3n) is 4.70. The van der Waals surface area contributed by atoms with E-state index >= 15 is 0 Å². The van der Waals surface area contributed by atoms with E-state index in [1.54, 1.807) is 19.2 Å². The molecule has 0 radical (unpaired) electrons. The van der Waals surface area contributed by atoms with E-state index in [0.717, 1.165) is 22.2 Å². The second kappa shape index (κ2) is 10.4. The van der Waals surface area contributed by atoms with Gasteiger partial charge in [0.25, 0.3) is 5.91 Å². The molecular formula is C23H24BrFN2O2. The van der Waals surface area contributed by atoms with Gasteiger partial charge in [-0.05, 0) is 60.5 Å². The summed E-state index contributed by atoms with van der Waals surface area (Å²) < 4.78 is 21.4. The Labute approximate surface area is 179 Å². The van der Waals surface area contributed by atoms with E-state index in [4.69, 9.17) is 4.74 Å². The zero-order valence-electron chi connectivity index (χ0n) is 16.4. The van der Waals surface area contributed by atoms with E-state index in [9.17, 15) is 9.18 Å². The number of nitrogens with zero attached hydrogens (tertiary/aromatic N) is 2. The van der Waals surface area contributed by atoms with Gasteiger partial charge in [0.15, 0.2) is 0 Å². The van der Waals surface area contributed by atoms with Crippen LogP contribution in [0.3, 0.4) is 0 Å². The fraction of sp³-hybridized carbons (Fsp3) is 0.261. The molecule has 29 heavy (non-hydrogen) atoms. The molecule has 152 valence electrons. The number of aromatic nitrogens is 1. The van der Waals surface area contributed by atoms with E-state index in [0.29, 0.717) is 31.8 Å². The molecule has 0 aliphatic heterocycles. The molecule has 0 bridgehead atoms. The van der Waals surface area contributed by atoms with Crippen LogP contribution in [-0.4, -0.2) is 35.6 Å². The number of halogens is 2. The first-order chi connectivity index (χ1) is 14.1. The zero-order chi connectivity index (χ0) is 20.6. The molecule has 0 fully saturated rings. The van der Waals surface area contributed by atoms with Gasteiger partial charge < -0.3 is 14.2 Å². The van der Waals surface area contributed by atoms with Crippen molar-refractivity contribution in [2.75, 3.05) is 20.3 Å². The van der Waals surface area contributed by atoms with Crippen LogP contribution in [0.1, 0.15) is 28.0 Å². The standard InChI is InChI=1S/C23H24BrFN2O2/c1-29-15-3-14-27(23(28)19-7-9-20(24)10-8-19)17-22-4-2-13-26(22)16-18-5-11-21(25)12-6-18/h2,4-13H,3,14-17H2,1H3. The van der Waals surface area contributed by atoms with E-state index in [-0.39, 0.29) is 11.7 Å². The third kappa shape index (κ3) is 6.02. The average Bonchev–Trinajstić information content (AvgIpc) is 3.16. The van der Waals surface area contributed by atoms with Gasteiger partial charge in [-0.25, -0.2) is 4.39 Å². The van der Waals surface area contributed by atoms with Gasteiger partial charge in [0.2, 0.25) is 0 Å². The lowest BCUT2D eigenvalue weighted by atomic mass is 10.2. The summed E-state index contributed by atoms with van der Waals surface area (Å²) >= 11 is 3.41. The fourth-order valence-corrected chi connectivity index (χ4v) is 3.42. The summed E-state index contributed by atoms with van der Waals surface area (Å²) in [5.41, 5.74) is 2.69. The Morgan fingerprint density at radius 3 is 2.52 bits per heavy atom. The van der Waals surface area contributed by atoms with Crippen molar-refractivity contribution in [3.8, 4) is 0 Å². The topological polar surface area (TPSA) is 34.5 Å². The van der Waals surface area contributed by atoms with Crippen molar-refractivity contribution in [2.45, 2.75) is 19.5 Å². The van der Waals surface area contributed by atoms with Crippen molar-refractivity contribution in [3.05, 3.63) is 94.0 Å². The van der Waals surface area contributed by atoms with Crippen LogP contribution < -0.4 is 0 Å². The predicted molar refractivity (Wildman–Crippen MR) is 115 cm³/mol. The molecule has 0 spiro atoms. The second-order valence-corrected chi connectivity index (χ2v) is 7.75. The van der Waals surface area contributed by atoms with Crippen LogP contribution in [0.4, 0.5) is 4.39 Å². The van der Waals surface area contributed by atoms with Crippen LogP contribution in [0, 0.1) is 5.82 Å².